The Morgan fingerprint density at radius 3 is 2.76 bits per heavy atom. The predicted molar refractivity (Wildman–Crippen MR) is 86.4 cm³/mol. The number of hydrogen-bond acceptors (Lipinski definition) is 3. The topological polar surface area (TPSA) is 77.1 Å². The molecule has 21 heavy (non-hydrogen) atoms. The monoisotopic (exact) mass is 301 g/mol. The molecule has 1 aromatic heterocycles. The summed E-state index contributed by atoms with van der Waals surface area (Å²) in [4.78, 5) is 24.1. The van der Waals surface area contributed by atoms with Crippen LogP contribution in [0.4, 0.5) is 5.69 Å². The number of aromatic nitrogens is 1. The van der Waals surface area contributed by atoms with Crippen molar-refractivity contribution in [2.75, 3.05) is 5.32 Å². The van der Waals surface area contributed by atoms with Gasteiger partial charge in [0.15, 0.2) is 0 Å². The molecule has 108 valence electrons. The minimum absolute atomic E-state index is 0.0217. The molecule has 0 aliphatic carbocycles. The molecule has 0 fully saturated rings. The molecule has 0 saturated carbocycles. The first kappa shape index (κ1) is 14.9. The zero-order valence-corrected chi connectivity index (χ0v) is 12.3. The molecule has 5 nitrogen and oxygen atoms in total. The van der Waals surface area contributed by atoms with Crippen LogP contribution in [0.15, 0.2) is 47.4 Å². The van der Waals surface area contributed by atoms with Crippen LogP contribution in [0.2, 0.25) is 0 Å². The van der Waals surface area contributed by atoms with E-state index in [2.05, 4.69) is 5.32 Å². The lowest BCUT2D eigenvalue weighted by atomic mass is 10.2. The molecule has 0 aliphatic rings. The molecular weight excluding hydrogens is 286 g/mol. The van der Waals surface area contributed by atoms with E-state index in [0.717, 1.165) is 5.56 Å². The number of rotatable bonds is 4. The molecule has 0 aliphatic heterocycles. The molecular formula is C15H15N3O2S. The molecule has 1 aromatic carbocycles. The maximum absolute atomic E-state index is 12.1. The van der Waals surface area contributed by atoms with E-state index in [1.165, 1.54) is 10.8 Å². The number of thiocarbonyl (C=S) groups is 1. The number of benzene rings is 1. The Bertz CT molecular complexity index is 753. The van der Waals surface area contributed by atoms with E-state index in [1.54, 1.807) is 18.2 Å². The van der Waals surface area contributed by atoms with Crippen molar-refractivity contribution in [3.63, 3.8) is 0 Å². The fraction of sp³-hybridized carbons (Fsp3) is 0.133. The fourth-order valence-electron chi connectivity index (χ4n) is 1.93. The summed E-state index contributed by atoms with van der Waals surface area (Å²) in [6.07, 6.45) is 1.53. The van der Waals surface area contributed by atoms with Gasteiger partial charge in [0, 0.05) is 11.9 Å². The van der Waals surface area contributed by atoms with Crippen LogP contribution in [-0.4, -0.2) is 15.5 Å². The average molecular weight is 301 g/mol. The third-order valence-electron chi connectivity index (χ3n) is 2.90. The van der Waals surface area contributed by atoms with Crippen molar-refractivity contribution < 1.29 is 4.79 Å². The summed E-state index contributed by atoms with van der Waals surface area (Å²) >= 11 is 4.81. The van der Waals surface area contributed by atoms with Crippen LogP contribution in [0.25, 0.3) is 0 Å². The number of nitrogens with two attached hydrogens (primary N) is 1. The first-order chi connectivity index (χ1) is 9.97. The van der Waals surface area contributed by atoms with Gasteiger partial charge in [0.05, 0.1) is 5.56 Å². The number of anilines is 1. The number of carbonyl (C=O) groups is 1. The molecule has 0 bridgehead atoms. The zero-order valence-electron chi connectivity index (χ0n) is 11.5. The van der Waals surface area contributed by atoms with E-state index in [1.807, 2.05) is 25.1 Å². The number of carbonyl (C=O) groups excluding carboxylic acids is 1. The number of aryl methyl sites for hydroxylation is 1. The second-order valence-electron chi connectivity index (χ2n) is 4.64. The van der Waals surface area contributed by atoms with Gasteiger partial charge in [-0.25, -0.2) is 0 Å². The van der Waals surface area contributed by atoms with Crippen LogP contribution >= 0.6 is 12.2 Å². The molecule has 3 N–H and O–H groups in total. The normalized spacial score (nSPS) is 10.1. The smallest absolute Gasteiger partial charge is 0.261 e. The molecule has 1 amide bonds. The van der Waals surface area contributed by atoms with Gasteiger partial charge in [-0.15, -0.1) is 0 Å². The highest BCUT2D eigenvalue weighted by molar-refractivity contribution is 7.80. The van der Waals surface area contributed by atoms with Gasteiger partial charge in [-0.3, -0.25) is 9.59 Å². The molecule has 0 saturated heterocycles. The Labute approximate surface area is 127 Å². The third kappa shape index (κ3) is 3.76. The zero-order chi connectivity index (χ0) is 15.4. The van der Waals surface area contributed by atoms with Crippen molar-refractivity contribution in [1.29, 1.82) is 0 Å². The van der Waals surface area contributed by atoms with E-state index >= 15 is 0 Å². The second-order valence-corrected chi connectivity index (χ2v) is 5.08. The van der Waals surface area contributed by atoms with Crippen LogP contribution < -0.4 is 16.6 Å². The number of amides is 1. The lowest BCUT2D eigenvalue weighted by Gasteiger charge is -2.09. The standard InChI is InChI=1S/C15H15N3O2S/c1-10-4-2-5-11(8-10)17-13(19)9-18-7-3-6-12(14(16)21)15(18)20/h2-8H,9H2,1H3,(H2,16,21)(H,17,19). The van der Waals surface area contributed by atoms with Crippen molar-refractivity contribution in [3.8, 4) is 0 Å². The highest BCUT2D eigenvalue weighted by atomic mass is 32.1. The van der Waals surface area contributed by atoms with Crippen molar-refractivity contribution in [1.82, 2.24) is 4.57 Å². The van der Waals surface area contributed by atoms with Gasteiger partial charge in [-0.1, -0.05) is 24.4 Å². The Morgan fingerprint density at radius 1 is 1.33 bits per heavy atom. The van der Waals surface area contributed by atoms with E-state index in [4.69, 9.17) is 18.0 Å². The van der Waals surface area contributed by atoms with Crippen LogP contribution in [0.1, 0.15) is 11.1 Å². The Hall–Kier alpha value is -2.47. The summed E-state index contributed by atoms with van der Waals surface area (Å²) in [6.45, 7) is 1.84. The van der Waals surface area contributed by atoms with Crippen molar-refractivity contribution in [2.45, 2.75) is 13.5 Å². The van der Waals surface area contributed by atoms with Gasteiger partial charge >= 0.3 is 0 Å². The number of nitrogens with one attached hydrogen (secondary N) is 1. The molecule has 6 heteroatoms. The average Bonchev–Trinajstić information content (AvgIpc) is 2.40. The Balaban J connectivity index is 2.15. The van der Waals surface area contributed by atoms with Crippen LogP contribution in [-0.2, 0) is 11.3 Å². The largest absolute Gasteiger partial charge is 0.389 e. The number of hydrogen-bond donors (Lipinski definition) is 2. The lowest BCUT2D eigenvalue weighted by Crippen LogP contribution is -2.32. The van der Waals surface area contributed by atoms with Crippen LogP contribution in [0, 0.1) is 6.92 Å². The summed E-state index contributed by atoms with van der Waals surface area (Å²) < 4.78 is 1.28. The highest BCUT2D eigenvalue weighted by Crippen LogP contribution is 2.09. The Kier molecular flexibility index (Phi) is 4.49. The second kappa shape index (κ2) is 6.32. The van der Waals surface area contributed by atoms with Crippen molar-refractivity contribution in [3.05, 3.63) is 64.1 Å². The SMILES string of the molecule is Cc1cccc(NC(=O)Cn2cccc(C(N)=S)c2=O)c1. The number of pyridine rings is 1. The van der Waals surface area contributed by atoms with Gasteiger partial charge in [0.2, 0.25) is 5.91 Å². The summed E-state index contributed by atoms with van der Waals surface area (Å²) in [6, 6.07) is 10.6. The molecule has 0 unspecified atom stereocenters. The molecule has 2 rings (SSSR count). The van der Waals surface area contributed by atoms with Gasteiger partial charge in [-0.05, 0) is 36.8 Å². The van der Waals surface area contributed by atoms with E-state index in [0.29, 0.717) is 5.69 Å². The minimum atomic E-state index is -0.371. The molecule has 0 radical (unpaired) electrons. The summed E-state index contributed by atoms with van der Waals surface area (Å²) in [7, 11) is 0. The predicted octanol–water partition coefficient (Wildman–Crippen LogP) is 1.43. The Morgan fingerprint density at radius 2 is 2.10 bits per heavy atom. The van der Waals surface area contributed by atoms with Gasteiger partial charge in [-0.2, -0.15) is 0 Å². The van der Waals surface area contributed by atoms with E-state index in [9.17, 15) is 9.59 Å². The van der Waals surface area contributed by atoms with E-state index < -0.39 is 0 Å². The number of nitrogens with zero attached hydrogens (tertiary/aromatic N) is 1. The molecule has 0 spiro atoms. The maximum atomic E-state index is 12.1. The third-order valence-corrected chi connectivity index (χ3v) is 3.12. The minimum Gasteiger partial charge on any atom is -0.389 e. The lowest BCUT2D eigenvalue weighted by molar-refractivity contribution is -0.116. The highest BCUT2D eigenvalue weighted by Gasteiger charge is 2.09. The van der Waals surface area contributed by atoms with Crippen LogP contribution in [0.3, 0.4) is 0 Å². The maximum Gasteiger partial charge on any atom is 0.261 e. The summed E-state index contributed by atoms with van der Waals surface area (Å²) in [5.41, 5.74) is 7.07. The first-order valence-electron chi connectivity index (χ1n) is 6.33. The van der Waals surface area contributed by atoms with Gasteiger partial charge in [0.25, 0.3) is 5.56 Å². The molecule has 1 heterocycles. The van der Waals surface area contributed by atoms with Crippen molar-refractivity contribution >= 4 is 28.8 Å². The summed E-state index contributed by atoms with van der Waals surface area (Å²) in [5.74, 6) is -0.289. The first-order valence-corrected chi connectivity index (χ1v) is 6.74. The van der Waals surface area contributed by atoms with Crippen molar-refractivity contribution in [2.24, 2.45) is 5.73 Å². The molecule has 2 aromatic rings. The van der Waals surface area contributed by atoms with Gasteiger partial charge in [0.1, 0.15) is 11.5 Å². The van der Waals surface area contributed by atoms with Crippen LogP contribution in [0.5, 0.6) is 0 Å². The summed E-state index contributed by atoms with van der Waals surface area (Å²) in [5, 5.41) is 2.74. The molecule has 0 atom stereocenters. The van der Waals surface area contributed by atoms with E-state index in [-0.39, 0.29) is 28.6 Å². The fourth-order valence-corrected chi connectivity index (χ4v) is 2.08. The van der Waals surface area contributed by atoms with Gasteiger partial charge < -0.3 is 15.6 Å². The quantitative estimate of drug-likeness (QED) is 0.838.